The first-order valence-electron chi connectivity index (χ1n) is 6.43. The molecule has 0 aromatic heterocycles. The largest absolute Gasteiger partial charge is 0.465 e. The summed E-state index contributed by atoms with van der Waals surface area (Å²) < 4.78 is 4.72. The van der Waals surface area contributed by atoms with Crippen LogP contribution in [0, 0.1) is 18.3 Å². The summed E-state index contributed by atoms with van der Waals surface area (Å²) in [6.07, 6.45) is 0. The number of aliphatic hydroxyl groups is 1. The highest BCUT2D eigenvalue weighted by atomic mass is 16.5. The van der Waals surface area contributed by atoms with Crippen LogP contribution in [-0.2, 0) is 11.3 Å². The van der Waals surface area contributed by atoms with Gasteiger partial charge in [-0.1, -0.05) is 12.1 Å². The third-order valence-electron chi connectivity index (χ3n) is 3.20. The number of nitriles is 1. The van der Waals surface area contributed by atoms with E-state index in [0.29, 0.717) is 22.3 Å². The molecule has 21 heavy (non-hydrogen) atoms. The quantitative estimate of drug-likeness (QED) is 0.878. The number of benzene rings is 2. The molecule has 106 valence electrons. The molecule has 0 fully saturated rings. The van der Waals surface area contributed by atoms with Gasteiger partial charge in [-0.2, -0.15) is 5.26 Å². The van der Waals surface area contributed by atoms with Crippen molar-refractivity contribution in [2.45, 2.75) is 13.5 Å². The molecule has 4 nitrogen and oxygen atoms in total. The Morgan fingerprint density at radius 3 is 2.67 bits per heavy atom. The summed E-state index contributed by atoms with van der Waals surface area (Å²) in [6.45, 7) is 1.72. The van der Waals surface area contributed by atoms with Crippen molar-refractivity contribution in [2.24, 2.45) is 0 Å². The van der Waals surface area contributed by atoms with E-state index in [-0.39, 0.29) is 6.61 Å². The maximum absolute atomic E-state index is 11.7. The van der Waals surface area contributed by atoms with Gasteiger partial charge in [0.05, 0.1) is 30.9 Å². The summed E-state index contributed by atoms with van der Waals surface area (Å²) in [5.74, 6) is -0.475. The molecule has 2 aromatic rings. The van der Waals surface area contributed by atoms with E-state index >= 15 is 0 Å². The van der Waals surface area contributed by atoms with Crippen molar-refractivity contribution in [3.8, 4) is 17.2 Å². The van der Waals surface area contributed by atoms with E-state index in [0.717, 1.165) is 11.1 Å². The van der Waals surface area contributed by atoms with Crippen molar-refractivity contribution in [1.82, 2.24) is 0 Å². The molecule has 0 heterocycles. The number of hydrogen-bond acceptors (Lipinski definition) is 4. The Morgan fingerprint density at radius 2 is 2.05 bits per heavy atom. The fraction of sp³-hybridized carbons (Fsp3) is 0.176. The Bertz CT molecular complexity index is 729. The summed E-state index contributed by atoms with van der Waals surface area (Å²) in [4.78, 5) is 11.7. The summed E-state index contributed by atoms with van der Waals surface area (Å²) in [5.41, 5.74) is 3.89. The average molecular weight is 281 g/mol. The van der Waals surface area contributed by atoms with Crippen LogP contribution in [0.4, 0.5) is 0 Å². The fourth-order valence-corrected chi connectivity index (χ4v) is 2.18. The molecule has 1 N–H and O–H groups in total. The van der Waals surface area contributed by atoms with Gasteiger partial charge < -0.3 is 9.84 Å². The highest BCUT2D eigenvalue weighted by Crippen LogP contribution is 2.27. The zero-order valence-corrected chi connectivity index (χ0v) is 11.9. The van der Waals surface area contributed by atoms with Gasteiger partial charge >= 0.3 is 5.97 Å². The number of carbonyl (C=O) groups is 1. The highest BCUT2D eigenvalue weighted by molar-refractivity contribution is 5.91. The summed E-state index contributed by atoms with van der Waals surface area (Å²) in [7, 11) is 1.31. The van der Waals surface area contributed by atoms with Crippen LogP contribution >= 0.6 is 0 Å². The van der Waals surface area contributed by atoms with Crippen LogP contribution in [-0.4, -0.2) is 18.2 Å². The molecule has 0 bridgehead atoms. The molecule has 2 rings (SSSR count). The van der Waals surface area contributed by atoms with Gasteiger partial charge in [0.2, 0.25) is 0 Å². The van der Waals surface area contributed by atoms with E-state index in [4.69, 9.17) is 4.74 Å². The normalized spacial score (nSPS) is 10.0. The molecule has 0 saturated carbocycles. The van der Waals surface area contributed by atoms with Crippen molar-refractivity contribution >= 4 is 5.97 Å². The van der Waals surface area contributed by atoms with Crippen LogP contribution in [0.2, 0.25) is 0 Å². The Hall–Kier alpha value is -2.64. The molecule has 0 radical (unpaired) electrons. The van der Waals surface area contributed by atoms with E-state index in [9.17, 15) is 15.2 Å². The molecule has 0 amide bonds. The molecule has 0 atom stereocenters. The molecular weight excluding hydrogens is 266 g/mol. The van der Waals surface area contributed by atoms with E-state index in [1.54, 1.807) is 24.3 Å². The second-order valence-corrected chi connectivity index (χ2v) is 4.73. The molecule has 0 spiro atoms. The highest BCUT2D eigenvalue weighted by Gasteiger charge is 2.12. The van der Waals surface area contributed by atoms with Gasteiger partial charge in [-0.05, 0) is 53.4 Å². The third-order valence-corrected chi connectivity index (χ3v) is 3.20. The number of nitrogens with zero attached hydrogens (tertiary/aromatic N) is 1. The van der Waals surface area contributed by atoms with Crippen LogP contribution in [0.15, 0.2) is 36.4 Å². The molecule has 2 aromatic carbocycles. The minimum Gasteiger partial charge on any atom is -0.465 e. The monoisotopic (exact) mass is 281 g/mol. The first-order chi connectivity index (χ1) is 10.1. The van der Waals surface area contributed by atoms with Gasteiger partial charge in [-0.3, -0.25) is 0 Å². The second kappa shape index (κ2) is 6.21. The lowest BCUT2D eigenvalue weighted by molar-refractivity contribution is 0.0600. The number of rotatable bonds is 3. The van der Waals surface area contributed by atoms with Crippen molar-refractivity contribution in [3.63, 3.8) is 0 Å². The molecule has 0 aliphatic rings. The van der Waals surface area contributed by atoms with Crippen LogP contribution in [0.25, 0.3) is 11.1 Å². The van der Waals surface area contributed by atoms with E-state index in [1.807, 2.05) is 19.1 Å². The molecule has 0 saturated heterocycles. The van der Waals surface area contributed by atoms with Gasteiger partial charge in [0.15, 0.2) is 0 Å². The molecule has 4 heteroatoms. The van der Waals surface area contributed by atoms with E-state index < -0.39 is 5.97 Å². The van der Waals surface area contributed by atoms with Crippen molar-refractivity contribution in [1.29, 1.82) is 5.26 Å². The number of methoxy groups -OCH3 is 1. The van der Waals surface area contributed by atoms with Gasteiger partial charge in [-0.15, -0.1) is 0 Å². The molecular formula is C17H15NO3. The van der Waals surface area contributed by atoms with Gasteiger partial charge in [0.25, 0.3) is 0 Å². The zero-order valence-electron chi connectivity index (χ0n) is 11.9. The van der Waals surface area contributed by atoms with Crippen molar-refractivity contribution in [2.75, 3.05) is 7.11 Å². The summed E-state index contributed by atoms with van der Waals surface area (Å²) >= 11 is 0. The standard InChI is InChI=1S/C17H15NO3/c1-11-3-4-16(15(5-11)9-18)13-6-12(10-19)7-14(8-13)17(20)21-2/h3-8,19H,10H2,1-2H3. The van der Waals surface area contributed by atoms with Crippen LogP contribution in [0.1, 0.15) is 27.0 Å². The van der Waals surface area contributed by atoms with Gasteiger partial charge in [-0.25, -0.2) is 4.79 Å². The van der Waals surface area contributed by atoms with E-state index in [2.05, 4.69) is 6.07 Å². The summed E-state index contributed by atoms with van der Waals surface area (Å²) in [6, 6.07) is 12.7. The van der Waals surface area contributed by atoms with Crippen LogP contribution in [0.5, 0.6) is 0 Å². The van der Waals surface area contributed by atoms with E-state index in [1.165, 1.54) is 7.11 Å². The lowest BCUT2D eigenvalue weighted by atomic mass is 9.95. The third kappa shape index (κ3) is 3.10. The number of esters is 1. The zero-order chi connectivity index (χ0) is 15.4. The Kier molecular flexibility index (Phi) is 4.36. The van der Waals surface area contributed by atoms with Crippen LogP contribution < -0.4 is 0 Å². The predicted octanol–water partition coefficient (Wildman–Crippen LogP) is 2.81. The molecule has 0 aliphatic heterocycles. The average Bonchev–Trinajstić information content (AvgIpc) is 2.53. The molecule has 0 aliphatic carbocycles. The van der Waals surface area contributed by atoms with Crippen molar-refractivity contribution < 1.29 is 14.6 Å². The Balaban J connectivity index is 2.64. The lowest BCUT2D eigenvalue weighted by Gasteiger charge is -2.10. The number of ether oxygens (including phenoxy) is 1. The minimum atomic E-state index is -0.475. The molecule has 0 unspecified atom stereocenters. The number of aliphatic hydroxyl groups excluding tert-OH is 1. The number of carbonyl (C=O) groups excluding carboxylic acids is 1. The second-order valence-electron chi connectivity index (χ2n) is 4.73. The lowest BCUT2D eigenvalue weighted by Crippen LogP contribution is -2.03. The predicted molar refractivity (Wildman–Crippen MR) is 78.6 cm³/mol. The first-order valence-corrected chi connectivity index (χ1v) is 6.43. The Morgan fingerprint density at radius 1 is 1.29 bits per heavy atom. The van der Waals surface area contributed by atoms with Gasteiger partial charge in [0, 0.05) is 0 Å². The number of aryl methyl sites for hydroxylation is 1. The summed E-state index contributed by atoms with van der Waals surface area (Å²) in [5, 5.41) is 18.6. The maximum atomic E-state index is 11.7. The first kappa shape index (κ1) is 14.8. The fourth-order valence-electron chi connectivity index (χ4n) is 2.18. The van der Waals surface area contributed by atoms with Gasteiger partial charge in [0.1, 0.15) is 0 Å². The Labute approximate surface area is 123 Å². The topological polar surface area (TPSA) is 70.3 Å². The maximum Gasteiger partial charge on any atom is 0.337 e. The number of hydrogen-bond donors (Lipinski definition) is 1. The SMILES string of the molecule is COC(=O)c1cc(CO)cc(-c2ccc(C)cc2C#N)c1. The minimum absolute atomic E-state index is 0.189. The smallest absolute Gasteiger partial charge is 0.337 e. The van der Waals surface area contributed by atoms with Crippen molar-refractivity contribution in [3.05, 3.63) is 58.7 Å². The van der Waals surface area contributed by atoms with Crippen LogP contribution in [0.3, 0.4) is 0 Å².